The molecule has 0 aromatic carbocycles. The second-order valence-electron chi connectivity index (χ2n) is 4.43. The van der Waals surface area contributed by atoms with Crippen molar-refractivity contribution in [2.24, 2.45) is 5.73 Å². The number of morpholine rings is 1. The molecule has 1 rings (SSSR count). The Morgan fingerprint density at radius 2 is 2.35 bits per heavy atom. The van der Waals surface area contributed by atoms with Gasteiger partial charge in [-0.3, -0.25) is 9.69 Å². The van der Waals surface area contributed by atoms with Crippen molar-refractivity contribution in [1.82, 2.24) is 9.80 Å². The summed E-state index contributed by atoms with van der Waals surface area (Å²) in [6, 6.07) is 0.302. The van der Waals surface area contributed by atoms with Crippen molar-refractivity contribution in [3.8, 4) is 0 Å². The number of hydrogen-bond donors (Lipinski definition) is 1. The van der Waals surface area contributed by atoms with Crippen molar-refractivity contribution in [2.75, 3.05) is 39.9 Å². The number of carbonyl (C=O) groups excluding carboxylic acids is 1. The second kappa shape index (κ2) is 6.88. The van der Waals surface area contributed by atoms with Gasteiger partial charge in [-0.15, -0.1) is 0 Å². The standard InChI is InChI=1S/C11H21N3O2S/c1-9-8-16-6-5-14(9)7-11(15)13(2)4-3-10(12)17/h9H,3-8H2,1-2H3,(H2,12,17). The van der Waals surface area contributed by atoms with Gasteiger partial charge in [0.25, 0.3) is 0 Å². The van der Waals surface area contributed by atoms with Gasteiger partial charge in [0.05, 0.1) is 24.7 Å². The van der Waals surface area contributed by atoms with Gasteiger partial charge in [0, 0.05) is 32.6 Å². The normalized spacial score (nSPS) is 21.2. The largest absolute Gasteiger partial charge is 0.393 e. The van der Waals surface area contributed by atoms with E-state index in [0.29, 0.717) is 43.8 Å². The number of ether oxygens (including phenoxy) is 1. The van der Waals surface area contributed by atoms with E-state index < -0.39 is 0 Å². The van der Waals surface area contributed by atoms with Crippen molar-refractivity contribution in [2.45, 2.75) is 19.4 Å². The van der Waals surface area contributed by atoms with E-state index in [-0.39, 0.29) is 5.91 Å². The van der Waals surface area contributed by atoms with Crippen LogP contribution in [0.4, 0.5) is 0 Å². The third-order valence-corrected chi connectivity index (χ3v) is 3.17. The molecule has 2 N–H and O–H groups in total. The fourth-order valence-electron chi connectivity index (χ4n) is 1.69. The molecule has 1 aliphatic rings. The van der Waals surface area contributed by atoms with E-state index in [0.717, 1.165) is 6.54 Å². The van der Waals surface area contributed by atoms with Gasteiger partial charge in [0.1, 0.15) is 0 Å². The van der Waals surface area contributed by atoms with Crippen molar-refractivity contribution < 1.29 is 9.53 Å². The Morgan fingerprint density at radius 3 is 2.94 bits per heavy atom. The summed E-state index contributed by atoms with van der Waals surface area (Å²) in [4.78, 5) is 16.2. The smallest absolute Gasteiger partial charge is 0.236 e. The van der Waals surface area contributed by atoms with Crippen molar-refractivity contribution >= 4 is 23.1 Å². The number of amides is 1. The van der Waals surface area contributed by atoms with Gasteiger partial charge in [-0.05, 0) is 6.92 Å². The zero-order valence-corrected chi connectivity index (χ0v) is 11.3. The summed E-state index contributed by atoms with van der Waals surface area (Å²) in [5.41, 5.74) is 5.41. The lowest BCUT2D eigenvalue weighted by molar-refractivity contribution is -0.133. The molecule has 1 fully saturated rings. The van der Waals surface area contributed by atoms with Gasteiger partial charge in [0.2, 0.25) is 5.91 Å². The lowest BCUT2D eigenvalue weighted by Gasteiger charge is -2.33. The van der Waals surface area contributed by atoms with Gasteiger partial charge in [0.15, 0.2) is 0 Å². The Balaban J connectivity index is 2.34. The van der Waals surface area contributed by atoms with Gasteiger partial charge in [-0.2, -0.15) is 0 Å². The molecule has 1 atom stereocenters. The quantitative estimate of drug-likeness (QED) is 0.695. The Bertz CT molecular complexity index is 286. The lowest BCUT2D eigenvalue weighted by atomic mass is 10.2. The van der Waals surface area contributed by atoms with Crippen molar-refractivity contribution in [1.29, 1.82) is 0 Å². The first-order valence-corrected chi connectivity index (χ1v) is 6.25. The molecule has 0 spiro atoms. The van der Waals surface area contributed by atoms with Crippen LogP contribution in [0.2, 0.25) is 0 Å². The van der Waals surface area contributed by atoms with E-state index in [4.69, 9.17) is 22.7 Å². The first-order valence-electron chi connectivity index (χ1n) is 5.84. The molecule has 17 heavy (non-hydrogen) atoms. The summed E-state index contributed by atoms with van der Waals surface area (Å²) in [6.45, 7) is 5.32. The summed E-state index contributed by atoms with van der Waals surface area (Å²) in [6.07, 6.45) is 0.580. The summed E-state index contributed by atoms with van der Waals surface area (Å²) < 4.78 is 5.33. The molecule has 0 aliphatic carbocycles. The molecule has 98 valence electrons. The Hall–Kier alpha value is -0.720. The van der Waals surface area contributed by atoms with Crippen LogP contribution in [-0.2, 0) is 9.53 Å². The fourth-order valence-corrected chi connectivity index (χ4v) is 1.78. The van der Waals surface area contributed by atoms with Crippen LogP contribution in [0.25, 0.3) is 0 Å². The second-order valence-corrected chi connectivity index (χ2v) is 4.95. The molecule has 1 unspecified atom stereocenters. The summed E-state index contributed by atoms with van der Waals surface area (Å²) in [5.74, 6) is 0.106. The number of carbonyl (C=O) groups is 1. The average molecular weight is 259 g/mol. The van der Waals surface area contributed by atoms with Gasteiger partial charge >= 0.3 is 0 Å². The highest BCUT2D eigenvalue weighted by Gasteiger charge is 2.22. The molecule has 1 aliphatic heterocycles. The number of likely N-dealkylation sites (N-methyl/N-ethyl adjacent to an activating group) is 1. The molecule has 0 saturated carbocycles. The predicted molar refractivity (Wildman–Crippen MR) is 70.9 cm³/mol. The number of thiocarbonyl (C=S) groups is 1. The SMILES string of the molecule is CC1COCCN1CC(=O)N(C)CCC(N)=S. The van der Waals surface area contributed by atoms with Crippen LogP contribution in [-0.4, -0.2) is 66.6 Å². The van der Waals surface area contributed by atoms with Gasteiger partial charge in [-0.1, -0.05) is 12.2 Å². The molecule has 6 heteroatoms. The van der Waals surface area contributed by atoms with Crippen molar-refractivity contribution in [3.05, 3.63) is 0 Å². The van der Waals surface area contributed by atoms with Crippen LogP contribution in [0, 0.1) is 0 Å². The molecule has 0 aromatic rings. The molecule has 1 heterocycles. The highest BCUT2D eigenvalue weighted by molar-refractivity contribution is 7.80. The van der Waals surface area contributed by atoms with Gasteiger partial charge < -0.3 is 15.4 Å². The van der Waals surface area contributed by atoms with Crippen LogP contribution >= 0.6 is 12.2 Å². The maximum absolute atomic E-state index is 11.9. The highest BCUT2D eigenvalue weighted by Crippen LogP contribution is 2.06. The third kappa shape index (κ3) is 4.97. The zero-order valence-electron chi connectivity index (χ0n) is 10.5. The molecular weight excluding hydrogens is 238 g/mol. The molecule has 1 saturated heterocycles. The van der Waals surface area contributed by atoms with E-state index in [1.807, 2.05) is 0 Å². The Morgan fingerprint density at radius 1 is 1.65 bits per heavy atom. The minimum atomic E-state index is 0.106. The van der Waals surface area contributed by atoms with Crippen molar-refractivity contribution in [3.63, 3.8) is 0 Å². The number of hydrogen-bond acceptors (Lipinski definition) is 4. The Kier molecular flexibility index (Phi) is 5.80. The monoisotopic (exact) mass is 259 g/mol. The third-order valence-electron chi connectivity index (χ3n) is 2.96. The Labute approximate surface area is 108 Å². The molecule has 0 aromatic heterocycles. The van der Waals surface area contributed by atoms with E-state index in [2.05, 4.69) is 11.8 Å². The van der Waals surface area contributed by atoms with Crippen LogP contribution in [0.5, 0.6) is 0 Å². The maximum Gasteiger partial charge on any atom is 0.236 e. The molecule has 0 radical (unpaired) electrons. The summed E-state index contributed by atoms with van der Waals surface area (Å²) in [7, 11) is 1.78. The molecule has 0 bridgehead atoms. The summed E-state index contributed by atoms with van der Waals surface area (Å²) in [5, 5.41) is 0. The van der Waals surface area contributed by atoms with E-state index in [1.165, 1.54) is 0 Å². The van der Waals surface area contributed by atoms with Crippen LogP contribution < -0.4 is 5.73 Å². The van der Waals surface area contributed by atoms with Crippen LogP contribution in [0.1, 0.15) is 13.3 Å². The molecular formula is C11H21N3O2S. The minimum Gasteiger partial charge on any atom is -0.393 e. The molecule has 1 amide bonds. The number of nitrogens with two attached hydrogens (primary N) is 1. The summed E-state index contributed by atoms with van der Waals surface area (Å²) >= 11 is 4.79. The van der Waals surface area contributed by atoms with Crippen LogP contribution in [0.15, 0.2) is 0 Å². The molecule has 5 nitrogen and oxygen atoms in total. The van der Waals surface area contributed by atoms with E-state index >= 15 is 0 Å². The first kappa shape index (κ1) is 14.3. The average Bonchev–Trinajstić information content (AvgIpc) is 2.28. The predicted octanol–water partition coefficient (Wildman–Crippen LogP) is -0.158. The topological polar surface area (TPSA) is 58.8 Å². The van der Waals surface area contributed by atoms with Crippen LogP contribution in [0.3, 0.4) is 0 Å². The van der Waals surface area contributed by atoms with Gasteiger partial charge in [-0.25, -0.2) is 0 Å². The number of nitrogens with zero attached hydrogens (tertiary/aromatic N) is 2. The fraction of sp³-hybridized carbons (Fsp3) is 0.818. The van der Waals surface area contributed by atoms with E-state index in [1.54, 1.807) is 11.9 Å². The van der Waals surface area contributed by atoms with E-state index in [9.17, 15) is 4.79 Å². The first-order chi connectivity index (χ1) is 8.00. The lowest BCUT2D eigenvalue weighted by Crippen LogP contribution is -2.48. The number of rotatable bonds is 5. The highest BCUT2D eigenvalue weighted by atomic mass is 32.1. The maximum atomic E-state index is 11.9. The zero-order chi connectivity index (χ0) is 12.8. The minimum absolute atomic E-state index is 0.106.